The zero-order chi connectivity index (χ0) is 20.0. The van der Waals surface area contributed by atoms with E-state index >= 15 is 0 Å². The molecule has 0 fully saturated rings. The Hall–Kier alpha value is -2.60. The second-order valence-electron chi connectivity index (χ2n) is 6.34. The zero-order valence-corrected chi connectivity index (χ0v) is 16.2. The van der Waals surface area contributed by atoms with Crippen molar-refractivity contribution in [2.45, 2.75) is 32.7 Å². The van der Waals surface area contributed by atoms with Crippen LogP contribution in [0.25, 0.3) is 0 Å². The van der Waals surface area contributed by atoms with Crippen molar-refractivity contribution in [1.82, 2.24) is 5.32 Å². The third-order valence-corrected chi connectivity index (χ3v) is 4.11. The van der Waals surface area contributed by atoms with E-state index in [9.17, 15) is 14.0 Å². The van der Waals surface area contributed by atoms with Gasteiger partial charge in [0.2, 0.25) is 5.91 Å². The van der Waals surface area contributed by atoms with E-state index in [2.05, 4.69) is 10.6 Å². The Labute approximate surface area is 162 Å². The SMILES string of the molecule is COc1ccc(CCC(=O)Nc2cc(C(=O)NC(C)C)ccc2Cl)cc1F. The molecule has 2 aromatic carbocycles. The van der Waals surface area contributed by atoms with Gasteiger partial charge < -0.3 is 15.4 Å². The number of aryl methyl sites for hydroxylation is 1. The van der Waals surface area contributed by atoms with E-state index in [0.29, 0.717) is 28.3 Å². The van der Waals surface area contributed by atoms with Gasteiger partial charge in [0.05, 0.1) is 17.8 Å². The first-order valence-corrected chi connectivity index (χ1v) is 8.90. The summed E-state index contributed by atoms with van der Waals surface area (Å²) in [6, 6.07) is 9.26. The number of hydrogen-bond acceptors (Lipinski definition) is 3. The van der Waals surface area contributed by atoms with Crippen molar-refractivity contribution < 1.29 is 18.7 Å². The van der Waals surface area contributed by atoms with Crippen molar-refractivity contribution in [3.05, 3.63) is 58.4 Å². The number of rotatable bonds is 7. The van der Waals surface area contributed by atoms with Gasteiger partial charge in [0.1, 0.15) is 0 Å². The number of hydrogen-bond donors (Lipinski definition) is 2. The maximum absolute atomic E-state index is 13.7. The summed E-state index contributed by atoms with van der Waals surface area (Å²) in [6.45, 7) is 3.72. The Balaban J connectivity index is 2.00. The van der Waals surface area contributed by atoms with Gasteiger partial charge in [-0.05, 0) is 56.2 Å². The van der Waals surface area contributed by atoms with Crippen molar-refractivity contribution in [2.24, 2.45) is 0 Å². The fourth-order valence-corrected chi connectivity index (χ4v) is 2.61. The van der Waals surface area contributed by atoms with Crippen LogP contribution in [0.3, 0.4) is 0 Å². The lowest BCUT2D eigenvalue weighted by Crippen LogP contribution is -2.30. The third-order valence-electron chi connectivity index (χ3n) is 3.78. The van der Waals surface area contributed by atoms with Crippen LogP contribution in [0.5, 0.6) is 5.75 Å². The van der Waals surface area contributed by atoms with Gasteiger partial charge in [0.15, 0.2) is 11.6 Å². The van der Waals surface area contributed by atoms with Crippen molar-refractivity contribution in [3.8, 4) is 5.75 Å². The van der Waals surface area contributed by atoms with E-state index in [1.807, 2.05) is 13.8 Å². The predicted octanol–water partition coefficient (Wildman–Crippen LogP) is 4.20. The van der Waals surface area contributed by atoms with Crippen LogP contribution in [0.1, 0.15) is 36.2 Å². The maximum Gasteiger partial charge on any atom is 0.251 e. The van der Waals surface area contributed by atoms with E-state index in [0.717, 1.165) is 0 Å². The highest BCUT2D eigenvalue weighted by Crippen LogP contribution is 2.24. The molecule has 144 valence electrons. The second kappa shape index (κ2) is 9.37. The summed E-state index contributed by atoms with van der Waals surface area (Å²) in [7, 11) is 1.39. The monoisotopic (exact) mass is 392 g/mol. The van der Waals surface area contributed by atoms with Gasteiger partial charge in [-0.1, -0.05) is 17.7 Å². The molecule has 0 aliphatic heterocycles. The van der Waals surface area contributed by atoms with E-state index in [1.165, 1.54) is 25.3 Å². The highest BCUT2D eigenvalue weighted by Gasteiger charge is 2.12. The van der Waals surface area contributed by atoms with Gasteiger partial charge in [-0.25, -0.2) is 4.39 Å². The molecular weight excluding hydrogens is 371 g/mol. The first kappa shape index (κ1) is 20.7. The Kier molecular flexibility index (Phi) is 7.19. The number of carbonyl (C=O) groups is 2. The number of methoxy groups -OCH3 is 1. The first-order valence-electron chi connectivity index (χ1n) is 8.53. The summed E-state index contributed by atoms with van der Waals surface area (Å²) in [5.74, 6) is -0.839. The smallest absolute Gasteiger partial charge is 0.251 e. The topological polar surface area (TPSA) is 67.4 Å². The molecule has 27 heavy (non-hydrogen) atoms. The molecule has 0 unspecified atom stereocenters. The molecular formula is C20H22ClFN2O3. The standard InChI is InChI=1S/C20H22ClFN2O3/c1-12(2)23-20(26)14-6-7-15(21)17(11-14)24-19(25)9-5-13-4-8-18(27-3)16(22)10-13/h4,6-8,10-12H,5,9H2,1-3H3,(H,23,26)(H,24,25). The number of carbonyl (C=O) groups excluding carboxylic acids is 2. The average molecular weight is 393 g/mol. The quantitative estimate of drug-likeness (QED) is 0.742. The molecule has 0 saturated carbocycles. The molecule has 0 aliphatic rings. The molecule has 2 rings (SSSR count). The summed E-state index contributed by atoms with van der Waals surface area (Å²) in [6.07, 6.45) is 0.502. The van der Waals surface area contributed by atoms with Crippen LogP contribution >= 0.6 is 11.6 Å². The summed E-state index contributed by atoms with van der Waals surface area (Å²) in [4.78, 5) is 24.3. The van der Waals surface area contributed by atoms with Crippen molar-refractivity contribution in [3.63, 3.8) is 0 Å². The van der Waals surface area contributed by atoms with Crippen LogP contribution in [0.15, 0.2) is 36.4 Å². The lowest BCUT2D eigenvalue weighted by molar-refractivity contribution is -0.116. The fraction of sp³-hybridized carbons (Fsp3) is 0.300. The number of nitrogens with one attached hydrogen (secondary N) is 2. The zero-order valence-electron chi connectivity index (χ0n) is 15.4. The molecule has 0 radical (unpaired) electrons. The molecule has 0 bridgehead atoms. The minimum absolute atomic E-state index is 0.00360. The first-order chi connectivity index (χ1) is 12.8. The number of anilines is 1. The molecule has 0 atom stereocenters. The number of halogens is 2. The fourth-order valence-electron chi connectivity index (χ4n) is 2.44. The van der Waals surface area contributed by atoms with Crippen LogP contribution in [0, 0.1) is 5.82 Å². The minimum Gasteiger partial charge on any atom is -0.494 e. The van der Waals surface area contributed by atoms with Gasteiger partial charge in [-0.3, -0.25) is 9.59 Å². The van der Waals surface area contributed by atoms with E-state index in [4.69, 9.17) is 16.3 Å². The largest absolute Gasteiger partial charge is 0.494 e. The summed E-state index contributed by atoms with van der Waals surface area (Å²) >= 11 is 6.11. The van der Waals surface area contributed by atoms with Crippen LogP contribution < -0.4 is 15.4 Å². The molecule has 0 spiro atoms. The molecule has 2 aromatic rings. The van der Waals surface area contributed by atoms with E-state index in [1.54, 1.807) is 18.2 Å². The van der Waals surface area contributed by atoms with Crippen LogP contribution in [0.2, 0.25) is 5.02 Å². The minimum atomic E-state index is -0.470. The van der Waals surface area contributed by atoms with Crippen LogP contribution in [-0.4, -0.2) is 25.0 Å². The van der Waals surface area contributed by atoms with Gasteiger partial charge >= 0.3 is 0 Å². The summed E-state index contributed by atoms with van der Waals surface area (Å²) in [5, 5.41) is 5.81. The Morgan fingerprint density at radius 1 is 1.19 bits per heavy atom. The molecule has 7 heteroatoms. The number of ether oxygens (including phenoxy) is 1. The highest BCUT2D eigenvalue weighted by atomic mass is 35.5. The summed E-state index contributed by atoms with van der Waals surface area (Å²) < 4.78 is 18.6. The van der Waals surface area contributed by atoms with Crippen LogP contribution in [-0.2, 0) is 11.2 Å². The molecule has 0 heterocycles. The number of benzene rings is 2. The lowest BCUT2D eigenvalue weighted by atomic mass is 10.1. The molecule has 2 N–H and O–H groups in total. The van der Waals surface area contributed by atoms with Gasteiger partial charge in [-0.2, -0.15) is 0 Å². The lowest BCUT2D eigenvalue weighted by Gasteiger charge is -2.12. The van der Waals surface area contributed by atoms with E-state index in [-0.39, 0.29) is 30.0 Å². The summed E-state index contributed by atoms with van der Waals surface area (Å²) in [5.41, 5.74) is 1.44. The molecule has 0 aliphatic carbocycles. The molecule has 5 nitrogen and oxygen atoms in total. The Morgan fingerprint density at radius 2 is 1.93 bits per heavy atom. The Bertz CT molecular complexity index is 840. The van der Waals surface area contributed by atoms with E-state index < -0.39 is 5.82 Å². The predicted molar refractivity (Wildman–Crippen MR) is 104 cm³/mol. The molecule has 0 saturated heterocycles. The van der Waals surface area contributed by atoms with Crippen molar-refractivity contribution in [1.29, 1.82) is 0 Å². The Morgan fingerprint density at radius 3 is 2.56 bits per heavy atom. The number of amides is 2. The van der Waals surface area contributed by atoms with Gasteiger partial charge in [-0.15, -0.1) is 0 Å². The maximum atomic E-state index is 13.7. The highest BCUT2D eigenvalue weighted by molar-refractivity contribution is 6.33. The normalized spacial score (nSPS) is 10.6. The molecule has 2 amide bonds. The second-order valence-corrected chi connectivity index (χ2v) is 6.75. The van der Waals surface area contributed by atoms with Gasteiger partial charge in [0.25, 0.3) is 5.91 Å². The third kappa shape index (κ3) is 5.96. The van der Waals surface area contributed by atoms with Crippen LogP contribution in [0.4, 0.5) is 10.1 Å². The molecule has 0 aromatic heterocycles. The van der Waals surface area contributed by atoms with Gasteiger partial charge in [0, 0.05) is 18.0 Å². The average Bonchev–Trinajstić information content (AvgIpc) is 2.61. The van der Waals surface area contributed by atoms with Crippen molar-refractivity contribution >= 4 is 29.1 Å². The van der Waals surface area contributed by atoms with Crippen molar-refractivity contribution in [2.75, 3.05) is 12.4 Å².